The van der Waals surface area contributed by atoms with Crippen LogP contribution in [-0.4, -0.2) is 55.2 Å². The number of hydrogen-bond acceptors (Lipinski definition) is 3. The smallest absolute Gasteiger partial charge is 0.124 e. The SMILES string of the molecule is Cc1ccc(OC2CN(C3CCN(C)CC3)C2)cc1. The predicted molar refractivity (Wildman–Crippen MR) is 77.7 cm³/mol. The highest BCUT2D eigenvalue weighted by Crippen LogP contribution is 2.24. The molecule has 0 unspecified atom stereocenters. The number of hydrogen-bond donors (Lipinski definition) is 0. The van der Waals surface area contributed by atoms with E-state index >= 15 is 0 Å². The monoisotopic (exact) mass is 260 g/mol. The molecule has 19 heavy (non-hydrogen) atoms. The van der Waals surface area contributed by atoms with E-state index in [4.69, 9.17) is 4.74 Å². The summed E-state index contributed by atoms with van der Waals surface area (Å²) < 4.78 is 6.00. The molecular weight excluding hydrogens is 236 g/mol. The summed E-state index contributed by atoms with van der Waals surface area (Å²) in [6.07, 6.45) is 3.02. The summed E-state index contributed by atoms with van der Waals surface area (Å²) in [5.74, 6) is 1.01. The van der Waals surface area contributed by atoms with E-state index in [2.05, 4.69) is 48.0 Å². The van der Waals surface area contributed by atoms with Gasteiger partial charge in [-0.15, -0.1) is 0 Å². The van der Waals surface area contributed by atoms with Crippen molar-refractivity contribution in [3.63, 3.8) is 0 Å². The van der Waals surface area contributed by atoms with E-state index in [0.29, 0.717) is 6.10 Å². The fourth-order valence-electron chi connectivity index (χ4n) is 3.01. The maximum Gasteiger partial charge on any atom is 0.124 e. The summed E-state index contributed by atoms with van der Waals surface area (Å²) in [4.78, 5) is 5.02. The zero-order valence-corrected chi connectivity index (χ0v) is 12.0. The van der Waals surface area contributed by atoms with Crippen molar-refractivity contribution < 1.29 is 4.74 Å². The molecule has 2 aliphatic rings. The molecule has 1 aromatic carbocycles. The van der Waals surface area contributed by atoms with Crippen LogP contribution < -0.4 is 4.74 Å². The van der Waals surface area contributed by atoms with E-state index in [1.54, 1.807) is 0 Å². The molecule has 0 N–H and O–H groups in total. The van der Waals surface area contributed by atoms with E-state index in [-0.39, 0.29) is 0 Å². The van der Waals surface area contributed by atoms with Crippen LogP contribution in [0.15, 0.2) is 24.3 Å². The van der Waals surface area contributed by atoms with Crippen LogP contribution in [0.5, 0.6) is 5.75 Å². The third-order valence-electron chi connectivity index (χ3n) is 4.40. The molecule has 0 atom stereocenters. The Balaban J connectivity index is 1.44. The molecule has 2 heterocycles. The van der Waals surface area contributed by atoms with Crippen molar-refractivity contribution in [1.29, 1.82) is 0 Å². The van der Waals surface area contributed by atoms with Crippen molar-refractivity contribution in [3.8, 4) is 5.75 Å². The number of piperidine rings is 1. The normalized spacial score (nSPS) is 23.3. The van der Waals surface area contributed by atoms with Crippen LogP contribution in [0, 0.1) is 6.92 Å². The van der Waals surface area contributed by atoms with E-state index in [1.807, 2.05) is 0 Å². The highest BCUT2D eigenvalue weighted by Gasteiger charge is 2.34. The van der Waals surface area contributed by atoms with Gasteiger partial charge in [0.1, 0.15) is 11.9 Å². The molecule has 0 spiro atoms. The van der Waals surface area contributed by atoms with Crippen LogP contribution >= 0.6 is 0 Å². The highest BCUT2D eigenvalue weighted by molar-refractivity contribution is 5.26. The molecule has 0 radical (unpaired) electrons. The Morgan fingerprint density at radius 1 is 1.05 bits per heavy atom. The zero-order valence-electron chi connectivity index (χ0n) is 12.0. The predicted octanol–water partition coefficient (Wildman–Crippen LogP) is 2.15. The minimum absolute atomic E-state index is 0.391. The second kappa shape index (κ2) is 5.51. The molecule has 3 rings (SSSR count). The molecule has 2 aliphatic heterocycles. The first kappa shape index (κ1) is 12.9. The third-order valence-corrected chi connectivity index (χ3v) is 4.40. The van der Waals surface area contributed by atoms with Gasteiger partial charge in [-0.3, -0.25) is 4.90 Å². The molecule has 2 saturated heterocycles. The van der Waals surface area contributed by atoms with Crippen molar-refractivity contribution in [1.82, 2.24) is 9.80 Å². The number of likely N-dealkylation sites (tertiary alicyclic amines) is 2. The Labute approximate surface area is 116 Å². The molecule has 0 aromatic heterocycles. The maximum atomic E-state index is 6.00. The number of rotatable bonds is 3. The van der Waals surface area contributed by atoms with Crippen LogP contribution in [-0.2, 0) is 0 Å². The Hall–Kier alpha value is -1.06. The van der Waals surface area contributed by atoms with Crippen molar-refractivity contribution in [2.75, 3.05) is 33.2 Å². The first-order chi connectivity index (χ1) is 9.20. The molecule has 0 bridgehead atoms. The van der Waals surface area contributed by atoms with Gasteiger partial charge < -0.3 is 9.64 Å². The number of benzene rings is 1. The number of aryl methyl sites for hydroxylation is 1. The standard InChI is InChI=1S/C16H24N2O/c1-13-3-5-15(6-4-13)19-16-11-18(12-16)14-7-9-17(2)10-8-14/h3-6,14,16H,7-12H2,1-2H3. The van der Waals surface area contributed by atoms with E-state index in [9.17, 15) is 0 Å². The van der Waals surface area contributed by atoms with Crippen molar-refractivity contribution in [2.45, 2.75) is 31.9 Å². The largest absolute Gasteiger partial charge is 0.488 e. The lowest BCUT2D eigenvalue weighted by Crippen LogP contribution is -2.59. The average Bonchev–Trinajstić information content (AvgIpc) is 2.37. The van der Waals surface area contributed by atoms with Crippen LogP contribution in [0.1, 0.15) is 18.4 Å². The summed E-state index contributed by atoms with van der Waals surface area (Å²) in [6, 6.07) is 9.17. The minimum atomic E-state index is 0.391. The van der Waals surface area contributed by atoms with Gasteiger partial charge in [0.05, 0.1) is 0 Å². The summed E-state index contributed by atoms with van der Waals surface area (Å²) in [6.45, 7) is 6.79. The fourth-order valence-corrected chi connectivity index (χ4v) is 3.01. The van der Waals surface area contributed by atoms with E-state index < -0.39 is 0 Å². The topological polar surface area (TPSA) is 15.7 Å². The first-order valence-electron chi connectivity index (χ1n) is 7.36. The van der Waals surface area contributed by atoms with Gasteiger partial charge in [0.15, 0.2) is 0 Å². The van der Waals surface area contributed by atoms with Crippen LogP contribution in [0.2, 0.25) is 0 Å². The lowest BCUT2D eigenvalue weighted by molar-refractivity contribution is -0.0246. The van der Waals surface area contributed by atoms with Gasteiger partial charge in [-0.2, -0.15) is 0 Å². The summed E-state index contributed by atoms with van der Waals surface area (Å²) in [7, 11) is 2.22. The van der Waals surface area contributed by atoms with Crippen molar-refractivity contribution in [3.05, 3.63) is 29.8 Å². The van der Waals surface area contributed by atoms with Gasteiger partial charge in [-0.1, -0.05) is 17.7 Å². The van der Waals surface area contributed by atoms with Crippen LogP contribution in [0.25, 0.3) is 0 Å². The molecule has 1 aromatic rings. The Morgan fingerprint density at radius 3 is 2.32 bits per heavy atom. The molecule has 3 heteroatoms. The minimum Gasteiger partial charge on any atom is -0.488 e. The fraction of sp³-hybridized carbons (Fsp3) is 0.625. The Bertz CT molecular complexity index is 403. The van der Waals surface area contributed by atoms with Crippen LogP contribution in [0.3, 0.4) is 0 Å². The maximum absolute atomic E-state index is 6.00. The third kappa shape index (κ3) is 3.10. The summed E-state index contributed by atoms with van der Waals surface area (Å²) >= 11 is 0. The number of nitrogens with zero attached hydrogens (tertiary/aromatic N) is 2. The first-order valence-corrected chi connectivity index (χ1v) is 7.36. The molecule has 3 nitrogen and oxygen atoms in total. The van der Waals surface area contributed by atoms with Gasteiger partial charge >= 0.3 is 0 Å². The quantitative estimate of drug-likeness (QED) is 0.828. The summed E-state index contributed by atoms with van der Waals surface area (Å²) in [5, 5.41) is 0. The van der Waals surface area contributed by atoms with Crippen LogP contribution in [0.4, 0.5) is 0 Å². The Kier molecular flexibility index (Phi) is 3.76. The van der Waals surface area contributed by atoms with E-state index in [1.165, 1.54) is 31.5 Å². The highest BCUT2D eigenvalue weighted by atomic mass is 16.5. The lowest BCUT2D eigenvalue weighted by atomic mass is 9.99. The molecular formula is C16H24N2O. The Morgan fingerprint density at radius 2 is 1.68 bits per heavy atom. The molecule has 0 amide bonds. The van der Waals surface area contributed by atoms with Gasteiger partial charge in [-0.25, -0.2) is 0 Å². The van der Waals surface area contributed by atoms with E-state index in [0.717, 1.165) is 24.9 Å². The average molecular weight is 260 g/mol. The van der Waals surface area contributed by atoms with Gasteiger partial charge in [0, 0.05) is 19.1 Å². The molecule has 2 fully saturated rings. The van der Waals surface area contributed by atoms with Crippen molar-refractivity contribution >= 4 is 0 Å². The second-order valence-corrected chi connectivity index (χ2v) is 6.04. The molecule has 0 saturated carbocycles. The summed E-state index contributed by atoms with van der Waals surface area (Å²) in [5.41, 5.74) is 1.29. The van der Waals surface area contributed by atoms with Gasteiger partial charge in [0.2, 0.25) is 0 Å². The van der Waals surface area contributed by atoms with Gasteiger partial charge in [-0.05, 0) is 52.0 Å². The van der Waals surface area contributed by atoms with Gasteiger partial charge in [0.25, 0.3) is 0 Å². The molecule has 104 valence electrons. The second-order valence-electron chi connectivity index (χ2n) is 6.04. The van der Waals surface area contributed by atoms with Crippen molar-refractivity contribution in [2.24, 2.45) is 0 Å². The zero-order chi connectivity index (χ0) is 13.2. The lowest BCUT2D eigenvalue weighted by Gasteiger charge is -2.46. The molecule has 0 aliphatic carbocycles. The number of ether oxygens (including phenoxy) is 1.